The van der Waals surface area contributed by atoms with Crippen molar-refractivity contribution in [1.82, 2.24) is 19.9 Å². The van der Waals surface area contributed by atoms with Crippen LogP contribution in [0.15, 0.2) is 25.2 Å². The molecule has 3 saturated heterocycles. The number of ether oxygens (including phenoxy) is 1. The maximum atomic E-state index is 12.1. The third-order valence-corrected chi connectivity index (χ3v) is 6.59. The highest BCUT2D eigenvalue weighted by Crippen LogP contribution is 2.45. The fourth-order valence-electron chi connectivity index (χ4n) is 4.97. The second kappa shape index (κ2) is 6.34. The minimum atomic E-state index is 0.00414. The number of nitrogens with one attached hydrogen (secondary N) is 1. The highest BCUT2D eigenvalue weighted by molar-refractivity contribution is 5.92. The topological polar surface area (TPSA) is 74.4 Å². The van der Waals surface area contributed by atoms with E-state index in [4.69, 9.17) is 9.72 Å². The van der Waals surface area contributed by atoms with Crippen LogP contribution in [0.1, 0.15) is 37.2 Å². The van der Waals surface area contributed by atoms with Gasteiger partial charge in [-0.25, -0.2) is 9.97 Å². The number of fused-ring (bicyclic) bond motifs is 1. The van der Waals surface area contributed by atoms with Crippen molar-refractivity contribution in [2.24, 2.45) is 0 Å². The summed E-state index contributed by atoms with van der Waals surface area (Å²) < 4.78 is 5.54. The fourth-order valence-corrected chi connectivity index (χ4v) is 4.97. The number of amides is 1. The van der Waals surface area contributed by atoms with Gasteiger partial charge in [-0.05, 0) is 43.2 Å². The number of carbonyl (C=O) groups is 1. The molecule has 1 amide bonds. The predicted octanol–water partition coefficient (Wildman–Crippen LogP) is 2.22. The van der Waals surface area contributed by atoms with Crippen molar-refractivity contribution in [1.29, 1.82) is 0 Å². The molecule has 27 heavy (non-hydrogen) atoms. The number of aromatic nitrogens is 3. The number of anilines is 1. The Morgan fingerprint density at radius 2 is 2.11 bits per heavy atom. The van der Waals surface area contributed by atoms with Crippen LogP contribution >= 0.6 is 0 Å². The Labute approximate surface area is 158 Å². The van der Waals surface area contributed by atoms with E-state index in [0.29, 0.717) is 5.92 Å². The summed E-state index contributed by atoms with van der Waals surface area (Å²) in [6, 6.07) is 0. The van der Waals surface area contributed by atoms with Gasteiger partial charge in [-0.3, -0.25) is 4.79 Å². The molecule has 1 N–H and O–H groups in total. The van der Waals surface area contributed by atoms with Crippen LogP contribution in [0.4, 0.5) is 5.82 Å². The van der Waals surface area contributed by atoms with Crippen molar-refractivity contribution >= 4 is 22.8 Å². The van der Waals surface area contributed by atoms with E-state index in [-0.39, 0.29) is 11.4 Å². The van der Waals surface area contributed by atoms with Gasteiger partial charge in [-0.15, -0.1) is 0 Å². The van der Waals surface area contributed by atoms with Crippen LogP contribution in [0.3, 0.4) is 0 Å². The Kier molecular flexibility index (Phi) is 3.93. The van der Waals surface area contributed by atoms with E-state index in [9.17, 15) is 4.79 Å². The zero-order chi connectivity index (χ0) is 18.4. The van der Waals surface area contributed by atoms with Crippen LogP contribution < -0.4 is 4.90 Å². The number of rotatable bonds is 3. The van der Waals surface area contributed by atoms with Crippen molar-refractivity contribution in [2.45, 2.75) is 37.1 Å². The van der Waals surface area contributed by atoms with E-state index in [2.05, 4.69) is 27.6 Å². The van der Waals surface area contributed by atoms with E-state index < -0.39 is 0 Å². The lowest BCUT2D eigenvalue weighted by Crippen LogP contribution is -2.62. The lowest BCUT2D eigenvalue weighted by atomic mass is 9.83. The fraction of sp³-hybridized carbons (Fsp3) is 0.550. The molecule has 0 aromatic carbocycles. The molecule has 3 aliphatic heterocycles. The van der Waals surface area contributed by atoms with Gasteiger partial charge in [0.05, 0.1) is 10.9 Å². The number of hydrogen-bond acceptors (Lipinski definition) is 5. The number of nitrogens with zero attached hydrogens (tertiary/aromatic N) is 4. The van der Waals surface area contributed by atoms with E-state index >= 15 is 0 Å². The van der Waals surface area contributed by atoms with Crippen molar-refractivity contribution in [3.8, 4) is 0 Å². The minimum absolute atomic E-state index is 0.00414. The molecule has 0 bridgehead atoms. The highest BCUT2D eigenvalue weighted by Gasteiger charge is 2.51. The molecule has 1 spiro atoms. The normalized spacial score (nSPS) is 25.9. The first kappa shape index (κ1) is 16.7. The van der Waals surface area contributed by atoms with E-state index in [1.54, 1.807) is 6.33 Å². The molecule has 7 heteroatoms. The first-order valence-electron chi connectivity index (χ1n) is 9.80. The molecule has 2 aromatic rings. The van der Waals surface area contributed by atoms with Crippen LogP contribution in [0.5, 0.6) is 0 Å². The number of H-pyrrole nitrogens is 1. The number of likely N-dealkylation sites (tertiary alicyclic amines) is 1. The van der Waals surface area contributed by atoms with Crippen molar-refractivity contribution in [3.05, 3.63) is 30.7 Å². The van der Waals surface area contributed by atoms with Crippen LogP contribution in [0.25, 0.3) is 11.0 Å². The molecule has 0 aliphatic carbocycles. The third kappa shape index (κ3) is 2.56. The summed E-state index contributed by atoms with van der Waals surface area (Å²) in [5.74, 6) is 1.52. The van der Waals surface area contributed by atoms with Gasteiger partial charge in [-0.1, -0.05) is 6.58 Å². The summed E-state index contributed by atoms with van der Waals surface area (Å²) in [5.41, 5.74) is 2.22. The van der Waals surface area contributed by atoms with Crippen LogP contribution in [-0.2, 0) is 9.53 Å². The zero-order valence-corrected chi connectivity index (χ0v) is 15.5. The molecule has 0 radical (unpaired) electrons. The summed E-state index contributed by atoms with van der Waals surface area (Å²) in [5, 5.41) is 1.15. The monoisotopic (exact) mass is 367 g/mol. The molecule has 7 nitrogen and oxygen atoms in total. The lowest BCUT2D eigenvalue weighted by Gasteiger charge is -2.51. The maximum Gasteiger partial charge on any atom is 0.246 e. The quantitative estimate of drug-likeness (QED) is 0.842. The number of aromatic amines is 1. The van der Waals surface area contributed by atoms with Crippen molar-refractivity contribution in [3.63, 3.8) is 0 Å². The highest BCUT2D eigenvalue weighted by atomic mass is 16.5. The maximum absolute atomic E-state index is 12.1. The standard InChI is InChI=1S/C20H25N5O2/c1-2-16(26)24-7-5-20(12-24)6-8-25(20)19-17-15(14-3-9-27-10-4-14)11-21-18(17)22-13-23-19/h2,11,13-14H,1,3-10,12H2,(H,21,22,23). The Balaban J connectivity index is 1.51. The first-order chi connectivity index (χ1) is 13.2. The molecular weight excluding hydrogens is 342 g/mol. The van der Waals surface area contributed by atoms with Gasteiger partial charge in [0.15, 0.2) is 0 Å². The molecule has 5 rings (SSSR count). The molecule has 3 aliphatic rings. The summed E-state index contributed by atoms with van der Waals surface area (Å²) in [6.07, 6.45) is 9.32. The van der Waals surface area contributed by atoms with Gasteiger partial charge in [0.2, 0.25) is 5.91 Å². The molecule has 0 saturated carbocycles. The van der Waals surface area contributed by atoms with Crippen molar-refractivity contribution in [2.75, 3.05) is 37.7 Å². The summed E-state index contributed by atoms with van der Waals surface area (Å²) >= 11 is 0. The minimum Gasteiger partial charge on any atom is -0.381 e. The van der Waals surface area contributed by atoms with Gasteiger partial charge in [0.1, 0.15) is 17.8 Å². The van der Waals surface area contributed by atoms with Gasteiger partial charge in [0.25, 0.3) is 0 Å². The molecule has 5 heterocycles. The van der Waals surface area contributed by atoms with E-state index in [1.807, 2.05) is 4.90 Å². The summed E-state index contributed by atoms with van der Waals surface area (Å²) in [7, 11) is 0. The number of carbonyl (C=O) groups excluding carboxylic acids is 1. The average molecular weight is 367 g/mol. The molecule has 2 aromatic heterocycles. The Morgan fingerprint density at radius 1 is 1.30 bits per heavy atom. The number of hydrogen-bond donors (Lipinski definition) is 1. The zero-order valence-electron chi connectivity index (χ0n) is 15.5. The van der Waals surface area contributed by atoms with Gasteiger partial charge < -0.3 is 19.5 Å². The van der Waals surface area contributed by atoms with Gasteiger partial charge in [-0.2, -0.15) is 0 Å². The van der Waals surface area contributed by atoms with Crippen LogP contribution in [0.2, 0.25) is 0 Å². The molecule has 3 fully saturated rings. The molecule has 1 atom stereocenters. The Morgan fingerprint density at radius 3 is 2.85 bits per heavy atom. The summed E-state index contributed by atoms with van der Waals surface area (Å²) in [4.78, 5) is 28.9. The van der Waals surface area contributed by atoms with Crippen LogP contribution in [0, 0.1) is 0 Å². The van der Waals surface area contributed by atoms with Gasteiger partial charge >= 0.3 is 0 Å². The predicted molar refractivity (Wildman–Crippen MR) is 103 cm³/mol. The lowest BCUT2D eigenvalue weighted by molar-refractivity contribution is -0.125. The van der Waals surface area contributed by atoms with Gasteiger partial charge in [0, 0.05) is 39.0 Å². The molecular formula is C20H25N5O2. The Hall–Kier alpha value is -2.41. The largest absolute Gasteiger partial charge is 0.381 e. The van der Waals surface area contributed by atoms with E-state index in [1.165, 1.54) is 11.6 Å². The van der Waals surface area contributed by atoms with Crippen LogP contribution in [-0.4, -0.2) is 64.1 Å². The molecule has 142 valence electrons. The van der Waals surface area contributed by atoms with Crippen molar-refractivity contribution < 1.29 is 9.53 Å². The Bertz CT molecular complexity index is 888. The second-order valence-corrected chi connectivity index (χ2v) is 7.89. The third-order valence-electron chi connectivity index (χ3n) is 6.59. The summed E-state index contributed by atoms with van der Waals surface area (Å²) in [6.45, 7) is 7.77. The smallest absolute Gasteiger partial charge is 0.246 e. The van der Waals surface area contributed by atoms with E-state index in [0.717, 1.165) is 75.4 Å². The molecule has 1 unspecified atom stereocenters. The first-order valence-corrected chi connectivity index (χ1v) is 9.80. The second-order valence-electron chi connectivity index (χ2n) is 7.89. The average Bonchev–Trinajstić information content (AvgIpc) is 3.34. The SMILES string of the molecule is C=CC(=O)N1CCC2(CCN2c2ncnc3[nH]cc(C4CCOCC4)c23)C1.